The third-order valence-electron chi connectivity index (χ3n) is 1.71. The number of rotatable bonds is 1. The van der Waals surface area contributed by atoms with Crippen molar-refractivity contribution in [2.45, 2.75) is 6.92 Å². The van der Waals surface area contributed by atoms with Crippen LogP contribution in [0.5, 0.6) is 0 Å². The second-order valence-electron chi connectivity index (χ2n) is 2.70. The molecule has 2 aromatic heterocycles. The van der Waals surface area contributed by atoms with Gasteiger partial charge in [0.25, 0.3) is 0 Å². The van der Waals surface area contributed by atoms with Gasteiger partial charge in [-0.1, -0.05) is 0 Å². The first-order valence-corrected chi connectivity index (χ1v) is 3.73. The number of aromatic carboxylic acids is 1. The summed E-state index contributed by atoms with van der Waals surface area (Å²) in [5.74, 6) is -1.03. The van der Waals surface area contributed by atoms with Crippen LogP contribution in [-0.4, -0.2) is 25.7 Å². The van der Waals surface area contributed by atoms with Crippen LogP contribution in [0.3, 0.4) is 0 Å². The van der Waals surface area contributed by atoms with Crippen LogP contribution in [0.2, 0.25) is 0 Å². The van der Waals surface area contributed by atoms with Crippen molar-refractivity contribution < 1.29 is 9.90 Å². The van der Waals surface area contributed by atoms with Crippen LogP contribution in [0, 0.1) is 6.92 Å². The Balaban J connectivity index is 2.84. The van der Waals surface area contributed by atoms with Crippen LogP contribution >= 0.6 is 0 Å². The molecule has 0 radical (unpaired) electrons. The Morgan fingerprint density at radius 2 is 2.38 bits per heavy atom. The number of carboxylic acids is 1. The van der Waals surface area contributed by atoms with Crippen molar-refractivity contribution in [1.29, 1.82) is 0 Å². The number of fused-ring (bicyclic) bond motifs is 1. The maximum atomic E-state index is 10.8. The van der Waals surface area contributed by atoms with Crippen LogP contribution in [-0.2, 0) is 0 Å². The SMILES string of the molecule is Cc1cn2nccc2c(C(=O)O)n1. The Morgan fingerprint density at radius 1 is 1.62 bits per heavy atom. The lowest BCUT2D eigenvalue weighted by atomic mass is 10.3. The summed E-state index contributed by atoms with van der Waals surface area (Å²) in [5.41, 5.74) is 1.18. The van der Waals surface area contributed by atoms with Gasteiger partial charge in [0.1, 0.15) is 0 Å². The highest BCUT2D eigenvalue weighted by atomic mass is 16.4. The van der Waals surface area contributed by atoms with Gasteiger partial charge in [-0.25, -0.2) is 14.3 Å². The summed E-state index contributed by atoms with van der Waals surface area (Å²) in [7, 11) is 0. The molecule has 0 aromatic carbocycles. The van der Waals surface area contributed by atoms with E-state index in [0.717, 1.165) is 0 Å². The molecule has 0 aliphatic carbocycles. The minimum Gasteiger partial charge on any atom is -0.476 e. The van der Waals surface area contributed by atoms with E-state index in [0.29, 0.717) is 11.2 Å². The second kappa shape index (κ2) is 2.55. The summed E-state index contributed by atoms with van der Waals surface area (Å²) >= 11 is 0. The molecule has 1 N–H and O–H groups in total. The first-order valence-electron chi connectivity index (χ1n) is 3.73. The van der Waals surface area contributed by atoms with E-state index in [-0.39, 0.29) is 5.69 Å². The van der Waals surface area contributed by atoms with Crippen molar-refractivity contribution in [3.63, 3.8) is 0 Å². The molecule has 2 heterocycles. The van der Waals surface area contributed by atoms with Crippen molar-refractivity contribution in [3.05, 3.63) is 29.8 Å². The number of hydrogen-bond acceptors (Lipinski definition) is 3. The van der Waals surface area contributed by atoms with Gasteiger partial charge in [-0.05, 0) is 13.0 Å². The number of carbonyl (C=O) groups is 1. The van der Waals surface area contributed by atoms with Gasteiger partial charge in [0.2, 0.25) is 0 Å². The highest BCUT2D eigenvalue weighted by molar-refractivity contribution is 5.93. The first-order chi connectivity index (χ1) is 6.18. The number of aryl methyl sites for hydroxylation is 1. The fourth-order valence-electron chi connectivity index (χ4n) is 1.20. The van der Waals surface area contributed by atoms with Crippen molar-refractivity contribution in [2.75, 3.05) is 0 Å². The molecule has 0 unspecified atom stereocenters. The zero-order valence-corrected chi connectivity index (χ0v) is 6.93. The number of carboxylic acid groups (broad SMARTS) is 1. The minimum atomic E-state index is -1.03. The fourth-order valence-corrected chi connectivity index (χ4v) is 1.20. The van der Waals surface area contributed by atoms with Gasteiger partial charge in [-0.15, -0.1) is 0 Å². The molecule has 0 amide bonds. The third-order valence-corrected chi connectivity index (χ3v) is 1.71. The number of nitrogens with zero attached hydrogens (tertiary/aromatic N) is 3. The average Bonchev–Trinajstić information content (AvgIpc) is 2.49. The van der Waals surface area contributed by atoms with Crippen LogP contribution < -0.4 is 0 Å². The molecule has 0 aliphatic rings. The predicted octanol–water partition coefficient (Wildman–Crippen LogP) is 0.736. The average molecular weight is 177 g/mol. The summed E-state index contributed by atoms with van der Waals surface area (Å²) in [6.45, 7) is 1.73. The molecular weight excluding hydrogens is 170 g/mol. The van der Waals surface area contributed by atoms with E-state index in [4.69, 9.17) is 5.11 Å². The Bertz CT molecular complexity index is 475. The molecule has 0 saturated heterocycles. The molecule has 0 spiro atoms. The van der Waals surface area contributed by atoms with E-state index in [9.17, 15) is 4.79 Å². The van der Waals surface area contributed by atoms with Crippen LogP contribution in [0.25, 0.3) is 5.52 Å². The Morgan fingerprint density at radius 3 is 3.08 bits per heavy atom. The van der Waals surface area contributed by atoms with Gasteiger partial charge < -0.3 is 5.11 Å². The summed E-state index contributed by atoms with van der Waals surface area (Å²) in [6, 6.07) is 1.62. The molecule has 2 aromatic rings. The van der Waals surface area contributed by atoms with E-state index in [1.54, 1.807) is 25.4 Å². The van der Waals surface area contributed by atoms with Gasteiger partial charge in [0.05, 0.1) is 23.6 Å². The normalized spacial score (nSPS) is 10.5. The summed E-state index contributed by atoms with van der Waals surface area (Å²) < 4.78 is 1.51. The van der Waals surface area contributed by atoms with Gasteiger partial charge in [0.15, 0.2) is 5.69 Å². The Hall–Kier alpha value is -1.91. The van der Waals surface area contributed by atoms with E-state index in [1.807, 2.05) is 0 Å². The molecule has 0 bridgehead atoms. The lowest BCUT2D eigenvalue weighted by Crippen LogP contribution is -2.05. The molecule has 5 heteroatoms. The molecule has 0 atom stereocenters. The number of aromatic nitrogens is 3. The topological polar surface area (TPSA) is 67.5 Å². The fraction of sp³-hybridized carbons (Fsp3) is 0.125. The second-order valence-corrected chi connectivity index (χ2v) is 2.70. The molecule has 2 rings (SSSR count). The molecule has 0 aliphatic heterocycles. The van der Waals surface area contributed by atoms with Crippen molar-refractivity contribution in [3.8, 4) is 0 Å². The zero-order valence-electron chi connectivity index (χ0n) is 6.93. The molecule has 0 fully saturated rings. The smallest absolute Gasteiger partial charge is 0.356 e. The van der Waals surface area contributed by atoms with Gasteiger partial charge >= 0.3 is 5.97 Å². The largest absolute Gasteiger partial charge is 0.476 e. The van der Waals surface area contributed by atoms with Crippen LogP contribution in [0.15, 0.2) is 18.5 Å². The Labute approximate surface area is 73.6 Å². The van der Waals surface area contributed by atoms with Crippen LogP contribution in [0.1, 0.15) is 16.2 Å². The molecule has 66 valence electrons. The summed E-state index contributed by atoms with van der Waals surface area (Å²) in [6.07, 6.45) is 3.23. The monoisotopic (exact) mass is 177 g/mol. The standard InChI is InChI=1S/C8H7N3O2/c1-5-4-11-6(2-3-9-11)7(10-5)8(12)13/h2-4H,1H3,(H,12,13). The molecule has 0 saturated carbocycles. The third kappa shape index (κ3) is 1.14. The minimum absolute atomic E-state index is 0.0394. The lowest BCUT2D eigenvalue weighted by molar-refractivity contribution is 0.0692. The van der Waals surface area contributed by atoms with Crippen molar-refractivity contribution in [2.24, 2.45) is 0 Å². The lowest BCUT2D eigenvalue weighted by Gasteiger charge is -1.99. The summed E-state index contributed by atoms with van der Waals surface area (Å²) in [5, 5.41) is 12.8. The molecule has 13 heavy (non-hydrogen) atoms. The van der Waals surface area contributed by atoms with Gasteiger partial charge in [-0.2, -0.15) is 5.10 Å². The maximum absolute atomic E-state index is 10.8. The highest BCUT2D eigenvalue weighted by Gasteiger charge is 2.11. The van der Waals surface area contributed by atoms with E-state index in [2.05, 4.69) is 10.1 Å². The highest BCUT2D eigenvalue weighted by Crippen LogP contribution is 2.08. The predicted molar refractivity (Wildman–Crippen MR) is 44.7 cm³/mol. The van der Waals surface area contributed by atoms with Crippen molar-refractivity contribution in [1.82, 2.24) is 14.6 Å². The van der Waals surface area contributed by atoms with Gasteiger partial charge in [0, 0.05) is 0 Å². The molecular formula is C8H7N3O2. The maximum Gasteiger partial charge on any atom is 0.356 e. The van der Waals surface area contributed by atoms with E-state index in [1.165, 1.54) is 4.52 Å². The quantitative estimate of drug-likeness (QED) is 0.697. The van der Waals surface area contributed by atoms with Crippen LogP contribution in [0.4, 0.5) is 0 Å². The number of hydrogen-bond donors (Lipinski definition) is 1. The summed E-state index contributed by atoms with van der Waals surface area (Å²) in [4.78, 5) is 14.7. The molecule has 5 nitrogen and oxygen atoms in total. The first kappa shape index (κ1) is 7.72. The van der Waals surface area contributed by atoms with Gasteiger partial charge in [-0.3, -0.25) is 0 Å². The van der Waals surface area contributed by atoms with E-state index >= 15 is 0 Å². The van der Waals surface area contributed by atoms with E-state index < -0.39 is 5.97 Å². The zero-order chi connectivity index (χ0) is 9.42. The van der Waals surface area contributed by atoms with Crippen molar-refractivity contribution >= 4 is 11.5 Å². The Kier molecular flexibility index (Phi) is 1.51.